The van der Waals surface area contributed by atoms with E-state index in [0.717, 1.165) is 23.7 Å². The fraction of sp³-hybridized carbons (Fsp3) is 0.462. The van der Waals surface area contributed by atoms with Crippen LogP contribution >= 0.6 is 11.3 Å². The van der Waals surface area contributed by atoms with Crippen LogP contribution in [-0.4, -0.2) is 22.1 Å². The number of aryl methyl sites for hydroxylation is 2. The minimum absolute atomic E-state index is 0.244. The van der Waals surface area contributed by atoms with Gasteiger partial charge >= 0.3 is 0 Å². The van der Waals surface area contributed by atoms with E-state index in [4.69, 9.17) is 4.74 Å². The van der Waals surface area contributed by atoms with Gasteiger partial charge in [-0.15, -0.1) is 11.3 Å². The normalized spacial score (nSPS) is 17.9. The molecule has 1 N–H and O–H groups in total. The highest BCUT2D eigenvalue weighted by atomic mass is 32.1. The van der Waals surface area contributed by atoms with Gasteiger partial charge in [-0.2, -0.15) is 0 Å². The molecule has 0 aromatic carbocycles. The molecule has 6 heteroatoms. The highest BCUT2D eigenvalue weighted by Gasteiger charge is 2.24. The number of ether oxygens (including phenoxy) is 1. The van der Waals surface area contributed by atoms with Crippen LogP contribution in [0, 0.1) is 6.92 Å². The quantitative estimate of drug-likeness (QED) is 0.934. The second-order valence-corrected chi connectivity index (χ2v) is 5.86. The van der Waals surface area contributed by atoms with Gasteiger partial charge in [-0.3, -0.25) is 0 Å². The van der Waals surface area contributed by atoms with Crippen molar-refractivity contribution < 1.29 is 4.74 Å². The van der Waals surface area contributed by atoms with E-state index < -0.39 is 0 Å². The molecule has 0 saturated heterocycles. The van der Waals surface area contributed by atoms with Crippen LogP contribution in [0.2, 0.25) is 0 Å². The summed E-state index contributed by atoms with van der Waals surface area (Å²) in [4.78, 5) is 14.3. The predicted molar refractivity (Wildman–Crippen MR) is 74.7 cm³/mol. The Morgan fingerprint density at radius 3 is 3.16 bits per heavy atom. The zero-order valence-electron chi connectivity index (χ0n) is 11.0. The fourth-order valence-corrected chi connectivity index (χ4v) is 3.43. The average molecular weight is 276 g/mol. The molecule has 1 atom stereocenters. The molecule has 19 heavy (non-hydrogen) atoms. The monoisotopic (exact) mass is 276 g/mol. The third kappa shape index (κ3) is 2.53. The molecule has 0 radical (unpaired) electrons. The van der Waals surface area contributed by atoms with Crippen LogP contribution < -0.4 is 10.1 Å². The molecular formula is C13H16N4OS. The summed E-state index contributed by atoms with van der Waals surface area (Å²) in [6, 6.07) is 2.06. The zero-order chi connectivity index (χ0) is 13.2. The minimum atomic E-state index is 0.244. The molecule has 0 aliphatic heterocycles. The summed E-state index contributed by atoms with van der Waals surface area (Å²) < 4.78 is 5.11. The highest BCUT2D eigenvalue weighted by molar-refractivity contribution is 7.11. The first-order valence-electron chi connectivity index (χ1n) is 6.35. The molecule has 0 saturated carbocycles. The lowest BCUT2D eigenvalue weighted by atomic mass is 9.97. The first-order chi connectivity index (χ1) is 9.26. The van der Waals surface area contributed by atoms with Crippen LogP contribution in [0.25, 0.3) is 0 Å². The Morgan fingerprint density at radius 1 is 1.42 bits per heavy atom. The van der Waals surface area contributed by atoms with Crippen LogP contribution in [-0.2, 0) is 6.42 Å². The van der Waals surface area contributed by atoms with Gasteiger partial charge in [-0.1, -0.05) is 0 Å². The van der Waals surface area contributed by atoms with Crippen molar-refractivity contribution in [2.45, 2.75) is 32.2 Å². The SMILES string of the molecule is COc1cc(N[C@@H]2CCCc3sc(C)nc32)ncn1. The standard InChI is InChI=1S/C13H16N4OS/c1-8-16-13-9(4-3-5-10(13)19-8)17-11-6-12(18-2)15-7-14-11/h6-7,9H,3-5H2,1-2H3,(H,14,15,17)/t9-/m1/s1. The number of fused-ring (bicyclic) bond motifs is 1. The van der Waals surface area contributed by atoms with Gasteiger partial charge in [0.2, 0.25) is 5.88 Å². The van der Waals surface area contributed by atoms with Crippen LogP contribution in [0.1, 0.15) is 34.5 Å². The summed E-state index contributed by atoms with van der Waals surface area (Å²) in [6.45, 7) is 2.06. The number of nitrogens with one attached hydrogen (secondary N) is 1. The third-order valence-corrected chi connectivity index (χ3v) is 4.28. The predicted octanol–water partition coefficient (Wildman–Crippen LogP) is 2.74. The smallest absolute Gasteiger partial charge is 0.218 e. The Bertz CT molecular complexity index is 584. The van der Waals surface area contributed by atoms with Crippen molar-refractivity contribution in [2.75, 3.05) is 12.4 Å². The van der Waals surface area contributed by atoms with Crippen molar-refractivity contribution in [1.82, 2.24) is 15.0 Å². The van der Waals surface area contributed by atoms with Crippen molar-refractivity contribution in [1.29, 1.82) is 0 Å². The molecule has 0 spiro atoms. The maximum atomic E-state index is 5.11. The summed E-state index contributed by atoms with van der Waals surface area (Å²) in [5.74, 6) is 1.36. The van der Waals surface area contributed by atoms with E-state index in [1.54, 1.807) is 18.4 Å². The summed E-state index contributed by atoms with van der Waals surface area (Å²) >= 11 is 1.80. The molecule has 5 nitrogen and oxygen atoms in total. The number of anilines is 1. The van der Waals surface area contributed by atoms with E-state index >= 15 is 0 Å². The molecule has 2 heterocycles. The molecule has 0 unspecified atom stereocenters. The first-order valence-corrected chi connectivity index (χ1v) is 7.16. The maximum Gasteiger partial charge on any atom is 0.218 e. The summed E-state index contributed by atoms with van der Waals surface area (Å²) in [5, 5.41) is 4.58. The van der Waals surface area contributed by atoms with Gasteiger partial charge in [-0.25, -0.2) is 15.0 Å². The van der Waals surface area contributed by atoms with Crippen LogP contribution in [0.4, 0.5) is 5.82 Å². The lowest BCUT2D eigenvalue weighted by Crippen LogP contribution is -2.17. The lowest BCUT2D eigenvalue weighted by molar-refractivity contribution is 0.397. The van der Waals surface area contributed by atoms with Crippen LogP contribution in [0.3, 0.4) is 0 Å². The number of thiazole rings is 1. The Labute approximate surface area is 116 Å². The Morgan fingerprint density at radius 2 is 2.32 bits per heavy atom. The second-order valence-electron chi connectivity index (χ2n) is 4.58. The van der Waals surface area contributed by atoms with E-state index in [1.807, 2.05) is 6.07 Å². The molecule has 3 rings (SSSR count). The Balaban J connectivity index is 1.83. The Kier molecular flexibility index (Phi) is 3.33. The summed E-state index contributed by atoms with van der Waals surface area (Å²) in [5.41, 5.74) is 1.19. The van der Waals surface area contributed by atoms with Gasteiger partial charge in [0.25, 0.3) is 0 Å². The highest BCUT2D eigenvalue weighted by Crippen LogP contribution is 2.34. The average Bonchev–Trinajstić information content (AvgIpc) is 2.80. The largest absolute Gasteiger partial charge is 0.481 e. The summed E-state index contributed by atoms with van der Waals surface area (Å²) in [7, 11) is 1.61. The molecule has 2 aromatic heterocycles. The van der Waals surface area contributed by atoms with E-state index in [2.05, 4.69) is 27.2 Å². The number of methoxy groups -OCH3 is 1. The van der Waals surface area contributed by atoms with Crippen molar-refractivity contribution in [3.8, 4) is 5.88 Å². The molecule has 1 aliphatic carbocycles. The number of aromatic nitrogens is 3. The van der Waals surface area contributed by atoms with Crippen LogP contribution in [0.15, 0.2) is 12.4 Å². The van der Waals surface area contributed by atoms with Crippen LogP contribution in [0.5, 0.6) is 5.88 Å². The maximum absolute atomic E-state index is 5.11. The van der Waals surface area contributed by atoms with Gasteiger partial charge in [0, 0.05) is 10.9 Å². The molecule has 2 aromatic rings. The van der Waals surface area contributed by atoms with Gasteiger partial charge in [0.05, 0.1) is 23.9 Å². The summed E-state index contributed by atoms with van der Waals surface area (Å²) in [6.07, 6.45) is 4.93. The van der Waals surface area contributed by atoms with Gasteiger partial charge in [0.15, 0.2) is 0 Å². The third-order valence-electron chi connectivity index (χ3n) is 3.23. The molecule has 100 valence electrons. The molecular weight excluding hydrogens is 260 g/mol. The Hall–Kier alpha value is -1.69. The zero-order valence-corrected chi connectivity index (χ0v) is 11.8. The van der Waals surface area contributed by atoms with Crippen molar-refractivity contribution in [2.24, 2.45) is 0 Å². The number of hydrogen-bond donors (Lipinski definition) is 1. The van der Waals surface area contributed by atoms with E-state index in [1.165, 1.54) is 23.3 Å². The van der Waals surface area contributed by atoms with Gasteiger partial charge < -0.3 is 10.1 Å². The first kappa shape index (κ1) is 12.3. The van der Waals surface area contributed by atoms with E-state index in [0.29, 0.717) is 5.88 Å². The molecule has 0 fully saturated rings. The second kappa shape index (κ2) is 5.13. The minimum Gasteiger partial charge on any atom is -0.481 e. The van der Waals surface area contributed by atoms with E-state index in [-0.39, 0.29) is 6.04 Å². The van der Waals surface area contributed by atoms with Gasteiger partial charge in [-0.05, 0) is 26.2 Å². The molecule has 0 amide bonds. The van der Waals surface area contributed by atoms with Crippen molar-refractivity contribution in [3.05, 3.63) is 28.0 Å². The molecule has 1 aliphatic rings. The van der Waals surface area contributed by atoms with Gasteiger partial charge in [0.1, 0.15) is 12.1 Å². The van der Waals surface area contributed by atoms with E-state index in [9.17, 15) is 0 Å². The number of nitrogens with zero attached hydrogens (tertiary/aromatic N) is 3. The topological polar surface area (TPSA) is 59.9 Å². The number of rotatable bonds is 3. The molecule has 0 bridgehead atoms. The number of hydrogen-bond acceptors (Lipinski definition) is 6. The fourth-order valence-electron chi connectivity index (χ4n) is 2.39. The van der Waals surface area contributed by atoms with Crippen molar-refractivity contribution >= 4 is 17.2 Å². The lowest BCUT2D eigenvalue weighted by Gasteiger charge is -2.22. The van der Waals surface area contributed by atoms with Crippen molar-refractivity contribution in [3.63, 3.8) is 0 Å².